The van der Waals surface area contributed by atoms with Crippen LogP contribution in [0.4, 0.5) is 0 Å². The Morgan fingerprint density at radius 2 is 2.53 bits per heavy atom. The first-order chi connectivity index (χ1) is 7.22. The third-order valence-corrected chi connectivity index (χ3v) is 1.89. The largest absolute Gasteiger partial charge is 0.409 e. The molecule has 0 amide bonds. The van der Waals surface area contributed by atoms with Gasteiger partial charge >= 0.3 is 0 Å². The van der Waals surface area contributed by atoms with Gasteiger partial charge in [0.15, 0.2) is 5.76 Å². The van der Waals surface area contributed by atoms with Crippen LogP contribution in [0.2, 0.25) is 0 Å². The van der Waals surface area contributed by atoms with Crippen molar-refractivity contribution in [2.24, 2.45) is 10.9 Å². The monoisotopic (exact) mass is 212 g/mol. The van der Waals surface area contributed by atoms with Crippen LogP contribution in [0.15, 0.2) is 15.7 Å². The Morgan fingerprint density at radius 1 is 1.73 bits per heavy atom. The Balaban J connectivity index is 2.07. The minimum Gasteiger partial charge on any atom is -0.409 e. The summed E-state index contributed by atoms with van der Waals surface area (Å²) in [5, 5.41) is 18.1. The molecule has 0 saturated heterocycles. The average Bonchev–Trinajstić information content (AvgIpc) is 2.63. The van der Waals surface area contributed by atoms with E-state index in [9.17, 15) is 0 Å². The number of aromatic nitrogens is 1. The van der Waals surface area contributed by atoms with Crippen LogP contribution < -0.4 is 11.1 Å². The molecule has 1 aromatic heterocycles. The predicted molar refractivity (Wildman–Crippen MR) is 55.6 cm³/mol. The molecular weight excluding hydrogens is 196 g/mol. The number of nitrogens with one attached hydrogen (secondary N) is 1. The van der Waals surface area contributed by atoms with E-state index in [1.807, 2.05) is 13.0 Å². The van der Waals surface area contributed by atoms with Crippen molar-refractivity contribution in [1.29, 1.82) is 0 Å². The van der Waals surface area contributed by atoms with Gasteiger partial charge in [0.1, 0.15) is 5.84 Å². The Morgan fingerprint density at radius 3 is 3.13 bits per heavy atom. The SMILES string of the molecule is Cc1cc(CNCCCC(N)=NO)on1. The maximum absolute atomic E-state index is 8.29. The van der Waals surface area contributed by atoms with Crippen LogP contribution in [-0.4, -0.2) is 22.7 Å². The van der Waals surface area contributed by atoms with E-state index in [1.54, 1.807) is 0 Å². The summed E-state index contributed by atoms with van der Waals surface area (Å²) >= 11 is 0. The molecule has 0 atom stereocenters. The molecule has 4 N–H and O–H groups in total. The highest BCUT2D eigenvalue weighted by Gasteiger charge is 1.99. The summed E-state index contributed by atoms with van der Waals surface area (Å²) in [6.07, 6.45) is 1.40. The zero-order valence-electron chi connectivity index (χ0n) is 8.73. The molecule has 0 saturated carbocycles. The topological polar surface area (TPSA) is 96.7 Å². The van der Waals surface area contributed by atoms with Crippen molar-refractivity contribution >= 4 is 5.84 Å². The van der Waals surface area contributed by atoms with E-state index in [1.165, 1.54) is 0 Å². The molecule has 84 valence electrons. The predicted octanol–water partition coefficient (Wildman–Crippen LogP) is 0.599. The van der Waals surface area contributed by atoms with E-state index in [0.29, 0.717) is 13.0 Å². The summed E-state index contributed by atoms with van der Waals surface area (Å²) in [5.74, 6) is 1.07. The van der Waals surface area contributed by atoms with Crippen molar-refractivity contribution in [3.05, 3.63) is 17.5 Å². The van der Waals surface area contributed by atoms with Crippen LogP contribution in [0.1, 0.15) is 24.3 Å². The molecule has 0 spiro atoms. The molecule has 0 aliphatic heterocycles. The van der Waals surface area contributed by atoms with Crippen molar-refractivity contribution in [2.75, 3.05) is 6.54 Å². The molecule has 1 aromatic rings. The summed E-state index contributed by atoms with van der Waals surface area (Å²) in [5.41, 5.74) is 6.19. The van der Waals surface area contributed by atoms with E-state index in [-0.39, 0.29) is 5.84 Å². The van der Waals surface area contributed by atoms with Crippen LogP contribution in [0.5, 0.6) is 0 Å². The molecule has 1 rings (SSSR count). The van der Waals surface area contributed by atoms with Gasteiger partial charge in [0.2, 0.25) is 0 Å². The Labute approximate surface area is 88.1 Å². The lowest BCUT2D eigenvalue weighted by Crippen LogP contribution is -2.18. The van der Waals surface area contributed by atoms with Gasteiger partial charge in [0, 0.05) is 12.5 Å². The van der Waals surface area contributed by atoms with Crippen LogP contribution in [0.3, 0.4) is 0 Å². The third kappa shape index (κ3) is 4.46. The molecule has 0 radical (unpaired) electrons. The van der Waals surface area contributed by atoms with E-state index in [0.717, 1.165) is 24.4 Å². The molecule has 6 nitrogen and oxygen atoms in total. The molecule has 0 unspecified atom stereocenters. The molecule has 0 aliphatic carbocycles. The fourth-order valence-corrected chi connectivity index (χ4v) is 1.16. The molecule has 0 bridgehead atoms. The fraction of sp³-hybridized carbons (Fsp3) is 0.556. The molecule has 0 aromatic carbocycles. The molecular formula is C9H16N4O2. The molecule has 1 heterocycles. The van der Waals surface area contributed by atoms with Gasteiger partial charge in [0.25, 0.3) is 0 Å². The van der Waals surface area contributed by atoms with E-state index in [4.69, 9.17) is 15.5 Å². The van der Waals surface area contributed by atoms with Crippen LogP contribution >= 0.6 is 0 Å². The Hall–Kier alpha value is -1.56. The summed E-state index contributed by atoms with van der Waals surface area (Å²) in [6, 6.07) is 1.89. The quantitative estimate of drug-likeness (QED) is 0.211. The third-order valence-electron chi connectivity index (χ3n) is 1.89. The lowest BCUT2D eigenvalue weighted by Gasteiger charge is -2.00. The lowest BCUT2D eigenvalue weighted by atomic mass is 10.3. The summed E-state index contributed by atoms with van der Waals surface area (Å²) < 4.78 is 5.01. The summed E-state index contributed by atoms with van der Waals surface area (Å²) in [4.78, 5) is 0. The zero-order valence-corrected chi connectivity index (χ0v) is 8.73. The van der Waals surface area contributed by atoms with Crippen molar-refractivity contribution in [1.82, 2.24) is 10.5 Å². The van der Waals surface area contributed by atoms with Gasteiger partial charge in [-0.1, -0.05) is 10.3 Å². The van der Waals surface area contributed by atoms with Crippen molar-refractivity contribution in [3.8, 4) is 0 Å². The second-order valence-corrected chi connectivity index (χ2v) is 3.31. The van der Waals surface area contributed by atoms with Gasteiger partial charge in [-0.2, -0.15) is 0 Å². The minimum absolute atomic E-state index is 0.257. The second kappa shape index (κ2) is 6.02. The highest BCUT2D eigenvalue weighted by Crippen LogP contribution is 2.00. The first-order valence-corrected chi connectivity index (χ1v) is 4.81. The Bertz CT molecular complexity index is 322. The maximum Gasteiger partial charge on any atom is 0.150 e. The van der Waals surface area contributed by atoms with Gasteiger partial charge in [-0.25, -0.2) is 0 Å². The zero-order chi connectivity index (χ0) is 11.1. The highest BCUT2D eigenvalue weighted by molar-refractivity contribution is 5.79. The van der Waals surface area contributed by atoms with Crippen LogP contribution in [0.25, 0.3) is 0 Å². The summed E-state index contributed by atoms with van der Waals surface area (Å²) in [7, 11) is 0. The smallest absolute Gasteiger partial charge is 0.150 e. The number of aryl methyl sites for hydroxylation is 1. The number of amidine groups is 1. The molecule has 15 heavy (non-hydrogen) atoms. The number of oxime groups is 1. The standard InChI is InChI=1S/C9H16N4O2/c1-7-5-8(15-13-7)6-11-4-2-3-9(10)12-14/h5,11,14H,2-4,6H2,1H3,(H2,10,12). The number of rotatable bonds is 6. The van der Waals surface area contributed by atoms with E-state index >= 15 is 0 Å². The van der Waals surface area contributed by atoms with E-state index < -0.39 is 0 Å². The van der Waals surface area contributed by atoms with Crippen LogP contribution in [-0.2, 0) is 6.54 Å². The average molecular weight is 212 g/mol. The van der Waals surface area contributed by atoms with Crippen LogP contribution in [0, 0.1) is 6.92 Å². The number of hydrogen-bond donors (Lipinski definition) is 3. The van der Waals surface area contributed by atoms with Gasteiger partial charge in [-0.15, -0.1) is 0 Å². The number of nitrogens with zero attached hydrogens (tertiary/aromatic N) is 2. The van der Waals surface area contributed by atoms with Crippen molar-refractivity contribution < 1.29 is 9.73 Å². The molecule has 6 heteroatoms. The fourth-order valence-electron chi connectivity index (χ4n) is 1.16. The van der Waals surface area contributed by atoms with Gasteiger partial charge in [0.05, 0.1) is 12.2 Å². The van der Waals surface area contributed by atoms with Gasteiger partial charge < -0.3 is 20.8 Å². The summed E-state index contributed by atoms with van der Waals surface area (Å²) in [6.45, 7) is 3.32. The first-order valence-electron chi connectivity index (χ1n) is 4.81. The molecule has 0 aliphatic rings. The lowest BCUT2D eigenvalue weighted by molar-refractivity contribution is 0.316. The van der Waals surface area contributed by atoms with Crippen molar-refractivity contribution in [3.63, 3.8) is 0 Å². The first kappa shape index (κ1) is 11.5. The Kier molecular flexibility index (Phi) is 4.62. The van der Waals surface area contributed by atoms with Gasteiger partial charge in [-0.3, -0.25) is 0 Å². The number of hydrogen-bond acceptors (Lipinski definition) is 5. The second-order valence-electron chi connectivity index (χ2n) is 3.31. The number of nitrogens with two attached hydrogens (primary N) is 1. The highest BCUT2D eigenvalue weighted by atomic mass is 16.5. The van der Waals surface area contributed by atoms with E-state index in [2.05, 4.69) is 15.6 Å². The van der Waals surface area contributed by atoms with Gasteiger partial charge in [-0.05, 0) is 19.9 Å². The maximum atomic E-state index is 8.29. The minimum atomic E-state index is 0.257. The van der Waals surface area contributed by atoms with Crippen molar-refractivity contribution in [2.45, 2.75) is 26.3 Å². The normalized spacial score (nSPS) is 11.9. The molecule has 0 fully saturated rings.